The highest BCUT2D eigenvalue weighted by atomic mass is 35.5. The molecule has 2 aliphatic rings. The summed E-state index contributed by atoms with van der Waals surface area (Å²) in [6.07, 6.45) is 7.08. The predicted octanol–water partition coefficient (Wildman–Crippen LogP) is 2.68. The fourth-order valence-electron chi connectivity index (χ4n) is 3.35. The topological polar surface area (TPSA) is 86.0 Å². The molecule has 2 saturated heterocycles. The summed E-state index contributed by atoms with van der Waals surface area (Å²) >= 11 is 7.69. The van der Waals surface area contributed by atoms with Gasteiger partial charge in [-0.15, -0.1) is 5.10 Å². The van der Waals surface area contributed by atoms with Crippen LogP contribution in [0.3, 0.4) is 0 Å². The zero-order valence-corrected chi connectivity index (χ0v) is 16.5. The number of nitrogens with zero attached hydrogens (tertiary/aromatic N) is 6. The predicted molar refractivity (Wildman–Crippen MR) is 99.9 cm³/mol. The lowest BCUT2D eigenvalue weighted by Crippen LogP contribution is -2.35. The van der Waals surface area contributed by atoms with E-state index in [2.05, 4.69) is 20.5 Å². The Hall–Kier alpha value is -1.71. The minimum atomic E-state index is -0.0103. The number of ether oxygens (including phenoxy) is 1. The summed E-state index contributed by atoms with van der Waals surface area (Å²) in [6, 6.07) is 1.68. The van der Waals surface area contributed by atoms with E-state index in [1.165, 1.54) is 18.2 Å². The number of pyridine rings is 1. The van der Waals surface area contributed by atoms with Gasteiger partial charge >= 0.3 is 0 Å². The molecule has 144 valence electrons. The second kappa shape index (κ2) is 8.53. The second-order valence-corrected chi connectivity index (χ2v) is 8.11. The molecule has 10 heteroatoms. The van der Waals surface area contributed by atoms with Crippen LogP contribution in [0.25, 0.3) is 0 Å². The highest BCUT2D eigenvalue weighted by molar-refractivity contribution is 7.99. The van der Waals surface area contributed by atoms with Crippen LogP contribution in [-0.2, 0) is 11.3 Å². The van der Waals surface area contributed by atoms with E-state index in [1.807, 2.05) is 4.90 Å². The molecule has 1 unspecified atom stereocenters. The number of aromatic nitrogens is 5. The van der Waals surface area contributed by atoms with Crippen LogP contribution >= 0.6 is 23.4 Å². The van der Waals surface area contributed by atoms with Gasteiger partial charge in [-0.25, -0.2) is 9.67 Å². The Balaban J connectivity index is 1.45. The number of rotatable bonds is 5. The van der Waals surface area contributed by atoms with E-state index in [0.717, 1.165) is 45.4 Å². The van der Waals surface area contributed by atoms with Crippen molar-refractivity contribution in [1.82, 2.24) is 30.1 Å². The Morgan fingerprint density at radius 2 is 2.15 bits per heavy atom. The van der Waals surface area contributed by atoms with Crippen LogP contribution in [0.1, 0.15) is 42.5 Å². The molecule has 1 amide bonds. The quantitative estimate of drug-likeness (QED) is 0.751. The van der Waals surface area contributed by atoms with Crippen molar-refractivity contribution in [3.63, 3.8) is 0 Å². The van der Waals surface area contributed by atoms with Crippen molar-refractivity contribution >= 4 is 29.3 Å². The first-order valence-corrected chi connectivity index (χ1v) is 10.4. The molecule has 0 bridgehead atoms. The Labute approximate surface area is 166 Å². The van der Waals surface area contributed by atoms with Gasteiger partial charge in [0, 0.05) is 25.9 Å². The summed E-state index contributed by atoms with van der Waals surface area (Å²) in [7, 11) is 0. The number of amides is 1. The molecule has 2 aromatic heterocycles. The molecule has 8 nitrogen and oxygen atoms in total. The molecule has 2 aromatic rings. The zero-order chi connectivity index (χ0) is 18.6. The third-order valence-electron chi connectivity index (χ3n) is 4.79. The fourth-order valence-corrected chi connectivity index (χ4v) is 4.36. The molecule has 0 aliphatic carbocycles. The SMILES string of the molecule is O=C(c1cnc(Sc2nnnn2CC2CCCO2)c(Cl)c1)N1CCCCC1. The normalized spacial score (nSPS) is 20.2. The highest BCUT2D eigenvalue weighted by Crippen LogP contribution is 2.31. The van der Waals surface area contributed by atoms with Crippen molar-refractivity contribution in [3.05, 3.63) is 22.8 Å². The number of carbonyl (C=O) groups is 1. The van der Waals surface area contributed by atoms with E-state index in [-0.39, 0.29) is 12.0 Å². The number of tetrazole rings is 1. The van der Waals surface area contributed by atoms with Crippen LogP contribution in [0, 0.1) is 0 Å². The van der Waals surface area contributed by atoms with Crippen LogP contribution in [0.5, 0.6) is 0 Å². The van der Waals surface area contributed by atoms with E-state index in [1.54, 1.807) is 16.9 Å². The van der Waals surface area contributed by atoms with E-state index < -0.39 is 0 Å². The largest absolute Gasteiger partial charge is 0.376 e. The van der Waals surface area contributed by atoms with Gasteiger partial charge < -0.3 is 9.64 Å². The molecule has 0 saturated carbocycles. The van der Waals surface area contributed by atoms with Crippen molar-refractivity contribution in [3.8, 4) is 0 Å². The maximum Gasteiger partial charge on any atom is 0.255 e. The second-order valence-electron chi connectivity index (χ2n) is 6.74. The number of hydrogen-bond acceptors (Lipinski definition) is 7. The van der Waals surface area contributed by atoms with Crippen molar-refractivity contribution in [2.45, 2.75) is 54.9 Å². The van der Waals surface area contributed by atoms with Gasteiger partial charge in [-0.1, -0.05) is 11.6 Å². The molecule has 0 aromatic carbocycles. The smallest absolute Gasteiger partial charge is 0.255 e. The molecular weight excluding hydrogens is 388 g/mol. The maximum atomic E-state index is 12.6. The first-order chi connectivity index (χ1) is 13.2. The van der Waals surface area contributed by atoms with Gasteiger partial charge in [-0.2, -0.15) is 0 Å². The number of carbonyl (C=O) groups excluding carboxylic acids is 1. The lowest BCUT2D eigenvalue weighted by atomic mass is 10.1. The van der Waals surface area contributed by atoms with Crippen molar-refractivity contribution in [2.24, 2.45) is 0 Å². The fraction of sp³-hybridized carbons (Fsp3) is 0.588. The van der Waals surface area contributed by atoms with Gasteiger partial charge in [-0.3, -0.25) is 4.79 Å². The van der Waals surface area contributed by atoms with E-state index in [0.29, 0.717) is 27.3 Å². The number of halogens is 1. The summed E-state index contributed by atoms with van der Waals surface area (Å²) in [5.74, 6) is -0.0103. The zero-order valence-electron chi connectivity index (χ0n) is 14.9. The summed E-state index contributed by atoms with van der Waals surface area (Å²) in [5, 5.41) is 13.5. The standard InChI is InChI=1S/C17H21ClN6O2S/c18-14-9-12(16(25)23-6-2-1-3-7-23)10-19-15(14)27-17-20-21-22-24(17)11-13-5-4-8-26-13/h9-10,13H,1-8,11H2. The third-order valence-corrected chi connectivity index (χ3v) is 6.18. The molecule has 4 heterocycles. The molecule has 27 heavy (non-hydrogen) atoms. The molecule has 4 rings (SSSR count). The molecule has 2 aliphatic heterocycles. The Morgan fingerprint density at radius 1 is 1.30 bits per heavy atom. The average molecular weight is 409 g/mol. The van der Waals surface area contributed by atoms with Gasteiger partial charge in [0.25, 0.3) is 5.91 Å². The van der Waals surface area contributed by atoms with Crippen molar-refractivity contribution in [1.29, 1.82) is 0 Å². The summed E-state index contributed by atoms with van der Waals surface area (Å²) in [5.41, 5.74) is 0.519. The Kier molecular flexibility index (Phi) is 5.89. The Morgan fingerprint density at radius 3 is 2.89 bits per heavy atom. The minimum absolute atomic E-state index is 0.0103. The average Bonchev–Trinajstić information content (AvgIpc) is 3.36. The minimum Gasteiger partial charge on any atom is -0.376 e. The molecule has 1 atom stereocenters. The summed E-state index contributed by atoms with van der Waals surface area (Å²) in [4.78, 5) is 18.8. The van der Waals surface area contributed by atoms with Crippen LogP contribution in [0.2, 0.25) is 5.02 Å². The van der Waals surface area contributed by atoms with Crippen LogP contribution < -0.4 is 0 Å². The van der Waals surface area contributed by atoms with E-state index in [4.69, 9.17) is 16.3 Å². The first kappa shape index (κ1) is 18.6. The number of piperidine rings is 1. The van der Waals surface area contributed by atoms with E-state index >= 15 is 0 Å². The van der Waals surface area contributed by atoms with Gasteiger partial charge in [0.15, 0.2) is 0 Å². The summed E-state index contributed by atoms with van der Waals surface area (Å²) < 4.78 is 7.36. The van der Waals surface area contributed by atoms with Crippen molar-refractivity contribution < 1.29 is 9.53 Å². The molecule has 0 spiro atoms. The highest BCUT2D eigenvalue weighted by Gasteiger charge is 2.22. The lowest BCUT2D eigenvalue weighted by Gasteiger charge is -2.26. The monoisotopic (exact) mass is 408 g/mol. The van der Waals surface area contributed by atoms with E-state index in [9.17, 15) is 4.79 Å². The lowest BCUT2D eigenvalue weighted by molar-refractivity contribution is 0.0723. The molecule has 0 N–H and O–H groups in total. The van der Waals surface area contributed by atoms with Gasteiger partial charge in [0.2, 0.25) is 5.16 Å². The van der Waals surface area contributed by atoms with Crippen LogP contribution in [0.4, 0.5) is 0 Å². The first-order valence-electron chi connectivity index (χ1n) is 9.21. The molecular formula is C17H21ClN6O2S. The number of hydrogen-bond donors (Lipinski definition) is 0. The number of likely N-dealkylation sites (tertiary alicyclic amines) is 1. The Bertz CT molecular complexity index is 804. The van der Waals surface area contributed by atoms with Gasteiger partial charge in [0.05, 0.1) is 23.2 Å². The van der Waals surface area contributed by atoms with Crippen LogP contribution in [-0.4, -0.2) is 61.8 Å². The van der Waals surface area contributed by atoms with Crippen molar-refractivity contribution in [2.75, 3.05) is 19.7 Å². The third kappa shape index (κ3) is 4.41. The summed E-state index contributed by atoms with van der Waals surface area (Å²) in [6.45, 7) is 2.99. The van der Waals surface area contributed by atoms with Gasteiger partial charge in [0.1, 0.15) is 5.03 Å². The molecule has 2 fully saturated rings. The van der Waals surface area contributed by atoms with Crippen LogP contribution in [0.15, 0.2) is 22.4 Å². The molecule has 0 radical (unpaired) electrons. The maximum absolute atomic E-state index is 12.6. The van der Waals surface area contributed by atoms with Gasteiger partial charge in [-0.05, 0) is 60.4 Å².